The van der Waals surface area contributed by atoms with Crippen LogP contribution in [0.4, 0.5) is 5.82 Å². The number of hydrogen-bond donors (Lipinski definition) is 1. The van der Waals surface area contributed by atoms with Crippen LogP contribution in [-0.2, 0) is 22.9 Å². The highest BCUT2D eigenvalue weighted by Crippen LogP contribution is 2.52. The van der Waals surface area contributed by atoms with E-state index in [9.17, 15) is 10.1 Å². The fourth-order valence-electron chi connectivity index (χ4n) is 5.11. The van der Waals surface area contributed by atoms with Crippen molar-refractivity contribution in [2.24, 2.45) is 0 Å². The van der Waals surface area contributed by atoms with Gasteiger partial charge >= 0.3 is 5.97 Å². The molecule has 1 aromatic carbocycles. The molecule has 0 amide bonds. The number of carbonyl (C=O) groups is 1. The third kappa shape index (κ3) is 8.53. The van der Waals surface area contributed by atoms with Crippen LogP contribution in [0, 0.1) is 11.3 Å². The number of nitrogens with zero attached hydrogens (tertiary/aromatic N) is 6. The van der Waals surface area contributed by atoms with Crippen molar-refractivity contribution in [2.45, 2.75) is 110 Å². The maximum Gasteiger partial charge on any atom is 0.338 e. The summed E-state index contributed by atoms with van der Waals surface area (Å²) in [4.78, 5) is 26.2. The summed E-state index contributed by atoms with van der Waals surface area (Å²) in [5, 5.41) is 9.13. The van der Waals surface area contributed by atoms with Crippen molar-refractivity contribution in [3.05, 3.63) is 48.5 Å². The van der Waals surface area contributed by atoms with Crippen LogP contribution < -0.4 is 5.73 Å². The molecule has 0 radical (unpaired) electrons. The van der Waals surface area contributed by atoms with E-state index in [1.807, 2.05) is 6.07 Å². The molecule has 0 saturated carbocycles. The van der Waals surface area contributed by atoms with Gasteiger partial charge in [-0.05, 0) is 58.0 Å². The number of benzene rings is 1. The number of nitriles is 1. The van der Waals surface area contributed by atoms with Crippen molar-refractivity contribution in [1.82, 2.24) is 24.2 Å². The molecule has 1 fully saturated rings. The molecule has 0 spiro atoms. The zero-order valence-corrected chi connectivity index (χ0v) is 30.7. The lowest BCUT2D eigenvalue weighted by Gasteiger charge is -2.42. The van der Waals surface area contributed by atoms with Crippen LogP contribution in [0.25, 0.3) is 11.2 Å². The van der Waals surface area contributed by atoms with Gasteiger partial charge in [-0.25, -0.2) is 24.4 Å². The Morgan fingerprint density at radius 1 is 1.13 bits per heavy atom. The molecular formula is C32H48N7O6PSi. The average Bonchev–Trinajstić information content (AvgIpc) is 3.57. The van der Waals surface area contributed by atoms with E-state index in [4.69, 9.17) is 28.7 Å². The van der Waals surface area contributed by atoms with E-state index in [0.29, 0.717) is 16.7 Å². The van der Waals surface area contributed by atoms with Crippen LogP contribution in [0.5, 0.6) is 0 Å². The number of nitrogens with two attached hydrogens (primary N) is 1. The summed E-state index contributed by atoms with van der Waals surface area (Å²) in [6, 6.07) is 11.1. The maximum atomic E-state index is 13.1. The molecule has 1 unspecified atom stereocenters. The van der Waals surface area contributed by atoms with Gasteiger partial charge in [0.2, 0.25) is 0 Å². The van der Waals surface area contributed by atoms with E-state index in [1.54, 1.807) is 35.2 Å². The molecule has 1 aliphatic rings. The van der Waals surface area contributed by atoms with Crippen molar-refractivity contribution in [1.29, 1.82) is 5.26 Å². The van der Waals surface area contributed by atoms with Gasteiger partial charge in [0.25, 0.3) is 8.53 Å². The molecule has 1 aliphatic heterocycles. The predicted molar refractivity (Wildman–Crippen MR) is 183 cm³/mol. The second kappa shape index (κ2) is 15.5. The SMILES string of the molecule is CC(C)N(C(C)C)P(OCCC#N)O[C@H]1[C@@H](O[Si](C)(C)C(C)(C)C)[C@H](n2cnc3c(N)ncnc32)O[C@@H]1COC(=O)c1ccccc1. The quantitative estimate of drug-likeness (QED) is 0.0885. The Hall–Kier alpha value is -3.02. The lowest BCUT2D eigenvalue weighted by Crippen LogP contribution is -2.49. The summed E-state index contributed by atoms with van der Waals surface area (Å²) in [5.41, 5.74) is 7.49. The van der Waals surface area contributed by atoms with Crippen molar-refractivity contribution in [3.8, 4) is 6.07 Å². The first kappa shape index (κ1) is 36.8. The second-order valence-electron chi connectivity index (χ2n) is 13.6. The highest BCUT2D eigenvalue weighted by Gasteiger charge is 2.54. The number of aromatic nitrogens is 4. The molecule has 2 aromatic heterocycles. The maximum absolute atomic E-state index is 13.1. The Bertz CT molecular complexity index is 1520. The largest absolute Gasteiger partial charge is 0.459 e. The Morgan fingerprint density at radius 3 is 2.43 bits per heavy atom. The number of rotatable bonds is 14. The van der Waals surface area contributed by atoms with Crippen LogP contribution in [0.2, 0.25) is 18.1 Å². The van der Waals surface area contributed by atoms with Gasteiger partial charge in [-0.3, -0.25) is 4.57 Å². The molecular weight excluding hydrogens is 637 g/mol. The van der Waals surface area contributed by atoms with Gasteiger partial charge in [0.15, 0.2) is 26.0 Å². The molecule has 5 atom stereocenters. The zero-order valence-electron chi connectivity index (χ0n) is 28.8. The van der Waals surface area contributed by atoms with Crippen molar-refractivity contribution >= 4 is 39.8 Å². The molecule has 47 heavy (non-hydrogen) atoms. The Balaban J connectivity index is 1.81. The molecule has 256 valence electrons. The minimum Gasteiger partial charge on any atom is -0.459 e. The van der Waals surface area contributed by atoms with Gasteiger partial charge in [0.05, 0.1) is 31.0 Å². The Labute approximate surface area is 279 Å². The minimum atomic E-state index is -2.47. The van der Waals surface area contributed by atoms with Gasteiger partial charge < -0.3 is 28.7 Å². The Kier molecular flexibility index (Phi) is 12.1. The van der Waals surface area contributed by atoms with E-state index >= 15 is 0 Å². The van der Waals surface area contributed by atoms with E-state index in [0.717, 1.165) is 0 Å². The standard InChI is InChI=1S/C32H48N7O6PSi/c1-21(2)39(22(3)4)46(42-17-13-16-33)44-26-24(18-41-31(40)23-14-11-10-12-15-23)43-30(27(26)45-47(8,9)32(5,6)7)38-20-37-25-28(34)35-19-36-29(25)38/h10-12,14-15,19-22,24,26-27,30H,13,17-18H2,1-9H3,(H2,34,35,36)/t24-,26-,27-,30-,46?/m1/s1. The molecule has 2 N–H and O–H groups in total. The van der Waals surface area contributed by atoms with Crippen LogP contribution in [-0.4, -0.2) is 82.1 Å². The topological polar surface area (TPSA) is 160 Å². The highest BCUT2D eigenvalue weighted by atomic mass is 31.2. The fourth-order valence-corrected chi connectivity index (χ4v) is 8.16. The summed E-state index contributed by atoms with van der Waals surface area (Å²) >= 11 is 0. The van der Waals surface area contributed by atoms with Crippen LogP contribution in [0.15, 0.2) is 43.0 Å². The monoisotopic (exact) mass is 685 g/mol. The van der Waals surface area contributed by atoms with Crippen molar-refractivity contribution in [2.75, 3.05) is 18.9 Å². The van der Waals surface area contributed by atoms with Crippen molar-refractivity contribution in [3.63, 3.8) is 0 Å². The summed E-state index contributed by atoms with van der Waals surface area (Å²) in [6.07, 6.45) is 0.241. The number of esters is 1. The lowest BCUT2D eigenvalue weighted by atomic mass is 10.1. The molecule has 3 heterocycles. The van der Waals surface area contributed by atoms with Crippen LogP contribution in [0.1, 0.15) is 71.5 Å². The first-order chi connectivity index (χ1) is 22.2. The first-order valence-electron chi connectivity index (χ1n) is 15.9. The van der Waals surface area contributed by atoms with Crippen molar-refractivity contribution < 1.29 is 27.7 Å². The van der Waals surface area contributed by atoms with Gasteiger partial charge in [-0.15, -0.1) is 0 Å². The number of imidazole rings is 1. The highest BCUT2D eigenvalue weighted by molar-refractivity contribution is 7.44. The average molecular weight is 686 g/mol. The lowest BCUT2D eigenvalue weighted by molar-refractivity contribution is -0.0548. The number of anilines is 1. The van der Waals surface area contributed by atoms with Crippen LogP contribution in [0.3, 0.4) is 0 Å². The molecule has 0 bridgehead atoms. The van der Waals surface area contributed by atoms with Gasteiger partial charge in [0.1, 0.15) is 36.8 Å². The molecule has 1 saturated heterocycles. The van der Waals surface area contributed by atoms with Gasteiger partial charge in [0, 0.05) is 12.1 Å². The molecule has 15 heteroatoms. The third-order valence-electron chi connectivity index (χ3n) is 8.45. The number of carbonyl (C=O) groups excluding carboxylic acids is 1. The second-order valence-corrected chi connectivity index (χ2v) is 19.7. The summed E-state index contributed by atoms with van der Waals surface area (Å²) in [6.45, 7) is 19.2. The number of nitrogen functional groups attached to an aromatic ring is 1. The number of fused-ring (bicyclic) bond motifs is 1. The summed E-state index contributed by atoms with van der Waals surface area (Å²) in [5.74, 6) is -0.237. The fraction of sp³-hybridized carbons (Fsp3) is 0.594. The van der Waals surface area contributed by atoms with Gasteiger partial charge in [-0.1, -0.05) is 39.0 Å². The Morgan fingerprint density at radius 2 is 1.81 bits per heavy atom. The summed E-state index contributed by atoms with van der Waals surface area (Å²) in [7, 11) is -4.18. The van der Waals surface area contributed by atoms with Gasteiger partial charge in [-0.2, -0.15) is 5.26 Å². The normalized spacial score (nSPS) is 21.1. The van der Waals surface area contributed by atoms with E-state index < -0.39 is 47.4 Å². The zero-order chi connectivity index (χ0) is 34.5. The molecule has 3 aromatic rings. The molecule has 13 nitrogen and oxygen atoms in total. The molecule has 0 aliphatic carbocycles. The molecule has 4 rings (SSSR count). The number of hydrogen-bond acceptors (Lipinski definition) is 12. The van der Waals surface area contributed by atoms with E-state index in [1.165, 1.54) is 6.33 Å². The number of ether oxygens (including phenoxy) is 2. The summed E-state index contributed by atoms with van der Waals surface area (Å²) < 4.78 is 37.0. The smallest absolute Gasteiger partial charge is 0.338 e. The van der Waals surface area contributed by atoms with Crippen LogP contribution >= 0.6 is 8.53 Å². The van der Waals surface area contributed by atoms with E-state index in [2.05, 4.69) is 87.3 Å². The first-order valence-corrected chi connectivity index (χ1v) is 19.9. The minimum absolute atomic E-state index is 0.0627. The van der Waals surface area contributed by atoms with E-state index in [-0.39, 0.29) is 42.6 Å². The third-order valence-corrected chi connectivity index (χ3v) is 15.0. The predicted octanol–water partition coefficient (Wildman–Crippen LogP) is 6.21.